The summed E-state index contributed by atoms with van der Waals surface area (Å²) in [6, 6.07) is 0. The molecule has 0 atom stereocenters. The van der Waals surface area contributed by atoms with Crippen molar-refractivity contribution < 1.29 is 0 Å². The molecule has 0 N–H and O–H groups in total. The van der Waals surface area contributed by atoms with Gasteiger partial charge in [-0.2, -0.15) is 0 Å². The first-order valence-corrected chi connectivity index (χ1v) is 5.11. The van der Waals surface area contributed by atoms with Crippen LogP contribution in [0.1, 0.15) is 11.9 Å². The highest BCUT2D eigenvalue weighted by atomic mass is 32.1. The van der Waals surface area contributed by atoms with E-state index >= 15 is 0 Å². The fourth-order valence-electron chi connectivity index (χ4n) is 0.605. The summed E-state index contributed by atoms with van der Waals surface area (Å²) in [6.45, 7) is 2.04. The quantitative estimate of drug-likeness (QED) is 0.606. The minimum Gasteiger partial charge on any atom is -0.305 e. The first-order chi connectivity index (χ1) is 5.65. The van der Waals surface area contributed by atoms with Crippen LogP contribution in [0.2, 0.25) is 0 Å². The number of anilines is 1. The molecular formula is C6H9N3S3. The van der Waals surface area contributed by atoms with Crippen LogP contribution >= 0.6 is 36.2 Å². The van der Waals surface area contributed by atoms with Gasteiger partial charge in [-0.25, -0.2) is 0 Å². The fourth-order valence-corrected chi connectivity index (χ4v) is 1.66. The lowest BCUT2D eigenvalue weighted by molar-refractivity contribution is 0.976. The lowest BCUT2D eigenvalue weighted by Crippen LogP contribution is -2.18. The molecular weight excluding hydrogens is 210 g/mol. The Morgan fingerprint density at radius 2 is 2.33 bits per heavy atom. The van der Waals surface area contributed by atoms with Crippen molar-refractivity contribution in [2.24, 2.45) is 0 Å². The number of thiol groups is 1. The molecule has 0 aliphatic rings. The minimum atomic E-state index is 0.508. The highest BCUT2D eigenvalue weighted by Crippen LogP contribution is 2.20. The van der Waals surface area contributed by atoms with Gasteiger partial charge in [0.15, 0.2) is 0 Å². The molecule has 1 aromatic heterocycles. The van der Waals surface area contributed by atoms with Gasteiger partial charge in [0.2, 0.25) is 5.13 Å². The third-order valence-electron chi connectivity index (χ3n) is 1.33. The zero-order valence-corrected chi connectivity index (χ0v) is 9.34. The van der Waals surface area contributed by atoms with Gasteiger partial charge in [-0.1, -0.05) is 30.5 Å². The molecule has 0 radical (unpaired) electrons. The van der Waals surface area contributed by atoms with Crippen LogP contribution in [0.4, 0.5) is 5.13 Å². The normalized spacial score (nSPS) is 9.92. The van der Waals surface area contributed by atoms with Gasteiger partial charge in [0.1, 0.15) is 9.33 Å². The third kappa shape index (κ3) is 2.15. The molecule has 0 aromatic carbocycles. The van der Waals surface area contributed by atoms with Gasteiger partial charge in [-0.3, -0.25) is 0 Å². The van der Waals surface area contributed by atoms with E-state index in [1.54, 1.807) is 4.90 Å². The molecule has 1 aromatic rings. The molecule has 0 saturated carbocycles. The molecule has 0 bridgehead atoms. The highest BCUT2D eigenvalue weighted by molar-refractivity contribution is 8.11. The van der Waals surface area contributed by atoms with E-state index in [4.69, 9.17) is 12.2 Å². The largest absolute Gasteiger partial charge is 0.305 e. The van der Waals surface area contributed by atoms with Crippen LogP contribution in [0.25, 0.3) is 0 Å². The van der Waals surface area contributed by atoms with Gasteiger partial charge in [0.05, 0.1) is 0 Å². The second-order valence-corrected chi connectivity index (χ2v) is 4.33. The van der Waals surface area contributed by atoms with Gasteiger partial charge in [-0.05, 0) is 6.42 Å². The zero-order valence-electron chi connectivity index (χ0n) is 6.81. The molecule has 0 aliphatic carbocycles. The first kappa shape index (κ1) is 9.88. The van der Waals surface area contributed by atoms with Gasteiger partial charge in [-0.15, -0.1) is 22.8 Å². The Balaban J connectivity index is 2.81. The Morgan fingerprint density at radius 3 is 2.75 bits per heavy atom. The molecule has 0 unspecified atom stereocenters. The van der Waals surface area contributed by atoms with Gasteiger partial charge in [0, 0.05) is 7.05 Å². The van der Waals surface area contributed by atoms with Crippen LogP contribution < -0.4 is 4.90 Å². The van der Waals surface area contributed by atoms with E-state index in [9.17, 15) is 0 Å². The monoisotopic (exact) mass is 219 g/mol. The van der Waals surface area contributed by atoms with Crippen molar-refractivity contribution >= 4 is 45.6 Å². The van der Waals surface area contributed by atoms with Crippen molar-refractivity contribution in [3.05, 3.63) is 5.01 Å². The number of hydrogen-bond acceptors (Lipinski definition) is 4. The van der Waals surface area contributed by atoms with E-state index in [1.165, 1.54) is 11.3 Å². The lowest BCUT2D eigenvalue weighted by Gasteiger charge is -2.10. The summed E-state index contributed by atoms with van der Waals surface area (Å²) in [4.78, 5) is 1.73. The maximum absolute atomic E-state index is 4.87. The minimum absolute atomic E-state index is 0.508. The van der Waals surface area contributed by atoms with E-state index in [0.717, 1.165) is 16.6 Å². The molecule has 0 fully saturated rings. The molecule has 66 valence electrons. The Morgan fingerprint density at radius 1 is 1.67 bits per heavy atom. The fraction of sp³-hybridized carbons (Fsp3) is 0.500. The summed E-state index contributed by atoms with van der Waals surface area (Å²) in [5, 5.41) is 9.75. The first-order valence-electron chi connectivity index (χ1n) is 3.44. The van der Waals surface area contributed by atoms with E-state index < -0.39 is 0 Å². The van der Waals surface area contributed by atoms with Crippen molar-refractivity contribution in [3.8, 4) is 0 Å². The number of thiocarbonyl (C=S) groups is 1. The van der Waals surface area contributed by atoms with Crippen LogP contribution in [0.15, 0.2) is 0 Å². The zero-order chi connectivity index (χ0) is 9.14. The third-order valence-corrected chi connectivity index (χ3v) is 3.05. The molecule has 3 nitrogen and oxygen atoms in total. The Labute approximate surface area is 86.2 Å². The smallest absolute Gasteiger partial charge is 0.213 e. The van der Waals surface area contributed by atoms with E-state index in [0.29, 0.717) is 4.32 Å². The average molecular weight is 219 g/mol. The summed E-state index contributed by atoms with van der Waals surface area (Å²) in [7, 11) is 1.83. The standard InChI is InChI=1S/C6H9N3S3/c1-3-4-7-8-5(12-4)9(2)6(10)11/h3H2,1-2H3,(H,10,11). The van der Waals surface area contributed by atoms with E-state index in [2.05, 4.69) is 22.8 Å². The summed E-state index contributed by atoms with van der Waals surface area (Å²) in [5.74, 6) is 0. The average Bonchev–Trinajstić information content (AvgIpc) is 2.50. The molecule has 1 heterocycles. The van der Waals surface area contributed by atoms with Crippen LogP contribution in [0, 0.1) is 0 Å². The predicted octanol–water partition coefficient (Wildman–Crippen LogP) is 1.75. The number of hydrogen-bond donors (Lipinski definition) is 1. The molecule has 12 heavy (non-hydrogen) atoms. The van der Waals surface area contributed by atoms with Crippen molar-refractivity contribution in [1.29, 1.82) is 0 Å². The summed E-state index contributed by atoms with van der Waals surface area (Å²) in [6.07, 6.45) is 0.908. The molecule has 0 spiro atoms. The van der Waals surface area contributed by atoms with Crippen molar-refractivity contribution in [2.75, 3.05) is 11.9 Å². The lowest BCUT2D eigenvalue weighted by atomic mass is 10.5. The Kier molecular flexibility index (Phi) is 3.42. The van der Waals surface area contributed by atoms with Crippen molar-refractivity contribution in [1.82, 2.24) is 10.2 Å². The maximum atomic E-state index is 4.87. The van der Waals surface area contributed by atoms with Crippen molar-refractivity contribution in [3.63, 3.8) is 0 Å². The number of aromatic nitrogens is 2. The number of aryl methyl sites for hydroxylation is 1. The van der Waals surface area contributed by atoms with E-state index in [-0.39, 0.29) is 0 Å². The predicted molar refractivity (Wildman–Crippen MR) is 59.3 cm³/mol. The van der Waals surface area contributed by atoms with Crippen LogP contribution in [0.3, 0.4) is 0 Å². The number of rotatable bonds is 2. The van der Waals surface area contributed by atoms with Crippen LogP contribution in [-0.2, 0) is 6.42 Å². The maximum Gasteiger partial charge on any atom is 0.213 e. The van der Waals surface area contributed by atoms with Crippen LogP contribution in [0.5, 0.6) is 0 Å². The second kappa shape index (κ2) is 4.15. The van der Waals surface area contributed by atoms with Crippen LogP contribution in [-0.4, -0.2) is 21.6 Å². The SMILES string of the molecule is CCc1nnc(N(C)C(=S)S)s1. The Bertz CT molecular complexity index is 283. The van der Waals surface area contributed by atoms with Crippen molar-refractivity contribution in [2.45, 2.75) is 13.3 Å². The van der Waals surface area contributed by atoms with Gasteiger partial charge in [0.25, 0.3) is 0 Å². The number of nitrogens with zero attached hydrogens (tertiary/aromatic N) is 3. The second-order valence-electron chi connectivity index (χ2n) is 2.17. The van der Waals surface area contributed by atoms with E-state index in [1.807, 2.05) is 14.0 Å². The highest BCUT2D eigenvalue weighted by Gasteiger charge is 2.08. The molecule has 0 aliphatic heterocycles. The summed E-state index contributed by atoms with van der Waals surface area (Å²) in [5.41, 5.74) is 0. The molecule has 6 heteroatoms. The summed E-state index contributed by atoms with van der Waals surface area (Å²) < 4.78 is 0.508. The van der Waals surface area contributed by atoms with Gasteiger partial charge < -0.3 is 4.90 Å². The van der Waals surface area contributed by atoms with Gasteiger partial charge >= 0.3 is 0 Å². The summed E-state index contributed by atoms with van der Waals surface area (Å²) >= 11 is 10.5. The molecule has 0 amide bonds. The Hall–Kier alpha value is -0.200. The topological polar surface area (TPSA) is 29.0 Å². The molecule has 0 saturated heterocycles. The molecule has 1 rings (SSSR count).